The number of hydrogen-bond donors (Lipinski definition) is 6. The molecule has 5 amide bonds. The van der Waals surface area contributed by atoms with E-state index in [9.17, 15) is 54.4 Å². The molecule has 1 rings (SSSR count). The fraction of sp³-hybridized carbons (Fsp3) is 0.776. The van der Waals surface area contributed by atoms with E-state index in [0.717, 1.165) is 60.6 Å². The SMILES string of the molecule is CC(=O)N(O)CCCCCCCCCN(O)C(=O)CCOCC(C)(C)COCCC(=O)N(O)CCCN(O)C(C)=O.CC(C)(COCCC(=O)O)COCCC(=O)O.CCCCCCCCCCCN(OCc1ccccc1)C(C)=O. The van der Waals surface area contributed by atoms with Crippen LogP contribution in [0.25, 0.3) is 0 Å². The highest BCUT2D eigenvalue weighted by atomic mass is 16.7. The van der Waals surface area contributed by atoms with E-state index in [1.165, 1.54) is 70.3 Å². The van der Waals surface area contributed by atoms with Crippen molar-refractivity contribution in [3.63, 3.8) is 0 Å². The van der Waals surface area contributed by atoms with E-state index in [0.29, 0.717) is 62.7 Å². The van der Waals surface area contributed by atoms with Crippen LogP contribution >= 0.6 is 0 Å². The number of aliphatic carboxylic acids is 2. The Bertz CT molecular complexity index is 1790. The second kappa shape index (κ2) is 49.7. The molecule has 0 saturated heterocycles. The number of carboxylic acids is 2. The van der Waals surface area contributed by atoms with Crippen molar-refractivity contribution < 1.29 is 88.4 Å². The summed E-state index contributed by atoms with van der Waals surface area (Å²) >= 11 is 0. The van der Waals surface area contributed by atoms with Crippen LogP contribution in [0.1, 0.15) is 196 Å². The van der Waals surface area contributed by atoms with Crippen LogP contribution in [-0.4, -0.2) is 183 Å². The van der Waals surface area contributed by atoms with E-state index < -0.39 is 29.7 Å². The van der Waals surface area contributed by atoms with E-state index in [1.807, 2.05) is 58.0 Å². The lowest BCUT2D eigenvalue weighted by Crippen LogP contribution is -2.33. The second-order valence-corrected chi connectivity index (χ2v) is 21.7. The Labute approximate surface area is 482 Å². The Hall–Kier alpha value is -4.85. The van der Waals surface area contributed by atoms with Gasteiger partial charge in [-0.2, -0.15) is 0 Å². The van der Waals surface area contributed by atoms with Gasteiger partial charge in [0.15, 0.2) is 0 Å². The lowest BCUT2D eigenvalue weighted by atomic mass is 9.96. The average Bonchev–Trinajstić information content (AvgIpc) is 3.41. The van der Waals surface area contributed by atoms with Crippen molar-refractivity contribution in [3.8, 4) is 0 Å². The fourth-order valence-corrected chi connectivity index (χ4v) is 7.32. The standard InChI is InChI=1S/C27H52N4O10.C20H33NO2.C11H20O6/c1-23(32)28(36)15-10-8-6-5-7-9-11-16-30(38)25(34)13-19-40-21-27(3,4)22-41-20-14-26(35)31(39)18-12-17-29(37)24(2)33;1-3-4-5-6-7-8-9-10-14-17-21(19(2)22)23-18-20-15-12-11-13-16-20;1-11(2,7-16-5-3-9(12)13)8-17-6-4-10(14)15/h36-39H,5-22H2,1-4H3;11-13,15-16H,3-10,14,17-18H2,1-2H3;3-8H2,1-2H3,(H,12,13)(H,14,15). The molecule has 470 valence electrons. The van der Waals surface area contributed by atoms with E-state index in [-0.39, 0.29) is 101 Å². The summed E-state index contributed by atoms with van der Waals surface area (Å²) in [5, 5.41) is 59.1. The molecule has 6 N–H and O–H groups in total. The van der Waals surface area contributed by atoms with Gasteiger partial charge in [-0.1, -0.05) is 148 Å². The van der Waals surface area contributed by atoms with Crippen molar-refractivity contribution in [1.82, 2.24) is 25.3 Å². The van der Waals surface area contributed by atoms with Crippen molar-refractivity contribution in [2.24, 2.45) is 10.8 Å². The molecule has 0 aliphatic rings. The number of ether oxygens (including phenoxy) is 4. The Morgan fingerprint density at radius 2 is 0.741 bits per heavy atom. The normalized spacial score (nSPS) is 11.2. The summed E-state index contributed by atoms with van der Waals surface area (Å²) in [6, 6.07) is 9.97. The largest absolute Gasteiger partial charge is 0.481 e. The number of rotatable bonds is 47. The van der Waals surface area contributed by atoms with Crippen LogP contribution in [0.2, 0.25) is 0 Å². The van der Waals surface area contributed by atoms with Gasteiger partial charge in [0.25, 0.3) is 0 Å². The minimum absolute atomic E-state index is 0.00534. The molecule has 0 spiro atoms. The number of benzene rings is 1. The number of carbonyl (C=O) groups is 7. The number of carboxylic acid groups (broad SMARTS) is 2. The monoisotopic (exact) mass is 1160 g/mol. The van der Waals surface area contributed by atoms with Crippen molar-refractivity contribution in [1.29, 1.82) is 0 Å². The summed E-state index contributed by atoms with van der Waals surface area (Å²) in [6.45, 7) is 17.7. The van der Waals surface area contributed by atoms with Gasteiger partial charge in [0.1, 0.15) is 6.61 Å². The third-order valence-electron chi connectivity index (χ3n) is 12.1. The molecule has 0 fully saturated rings. The summed E-state index contributed by atoms with van der Waals surface area (Å²) in [4.78, 5) is 83.6. The first-order chi connectivity index (χ1) is 38.3. The van der Waals surface area contributed by atoms with Gasteiger partial charge >= 0.3 is 11.9 Å². The minimum atomic E-state index is -0.888. The number of hydroxylamine groups is 10. The molecular weight excluding hydrogens is 1050 g/mol. The third-order valence-corrected chi connectivity index (χ3v) is 12.1. The molecule has 23 heteroatoms. The van der Waals surface area contributed by atoms with Crippen LogP contribution in [0.4, 0.5) is 0 Å². The predicted molar refractivity (Wildman–Crippen MR) is 303 cm³/mol. The van der Waals surface area contributed by atoms with Crippen LogP contribution < -0.4 is 0 Å². The van der Waals surface area contributed by atoms with Crippen LogP contribution in [-0.2, 0) is 64.0 Å². The zero-order chi connectivity index (χ0) is 61.3. The van der Waals surface area contributed by atoms with Crippen LogP contribution in [0, 0.1) is 10.8 Å². The Morgan fingerprint density at radius 1 is 0.420 bits per heavy atom. The molecule has 23 nitrogen and oxygen atoms in total. The number of hydrogen-bond acceptors (Lipinski definition) is 16. The lowest BCUT2D eigenvalue weighted by molar-refractivity contribution is -0.189. The first kappa shape index (κ1) is 78.2. The first-order valence-corrected chi connectivity index (χ1v) is 29.0. The quantitative estimate of drug-likeness (QED) is 0.0201. The van der Waals surface area contributed by atoms with E-state index >= 15 is 0 Å². The van der Waals surface area contributed by atoms with E-state index in [2.05, 4.69) is 6.92 Å². The maximum absolute atomic E-state index is 12.1. The highest BCUT2D eigenvalue weighted by Gasteiger charge is 2.21. The molecule has 0 heterocycles. The number of carbonyl (C=O) groups excluding carboxylic acids is 5. The molecule has 0 aliphatic heterocycles. The van der Waals surface area contributed by atoms with Crippen molar-refractivity contribution in [3.05, 3.63) is 35.9 Å². The topological polar surface area (TPSA) is 303 Å². The second-order valence-electron chi connectivity index (χ2n) is 21.7. The summed E-state index contributed by atoms with van der Waals surface area (Å²) < 4.78 is 21.6. The summed E-state index contributed by atoms with van der Waals surface area (Å²) in [7, 11) is 0. The smallest absolute Gasteiger partial charge is 0.305 e. The highest BCUT2D eigenvalue weighted by Crippen LogP contribution is 2.18. The van der Waals surface area contributed by atoms with Gasteiger partial charge in [0.2, 0.25) is 29.5 Å². The maximum Gasteiger partial charge on any atom is 0.305 e. The van der Waals surface area contributed by atoms with Gasteiger partial charge in [-0.15, -0.1) is 0 Å². The molecule has 0 radical (unpaired) electrons. The van der Waals surface area contributed by atoms with E-state index in [1.54, 1.807) is 6.92 Å². The molecule has 81 heavy (non-hydrogen) atoms. The average molecular weight is 1160 g/mol. The molecule has 0 unspecified atom stereocenters. The van der Waals surface area contributed by atoms with Gasteiger partial charge < -0.3 is 29.2 Å². The van der Waals surface area contributed by atoms with Gasteiger partial charge in [-0.3, -0.25) is 59.2 Å². The van der Waals surface area contributed by atoms with Gasteiger partial charge in [0.05, 0.1) is 91.6 Å². The predicted octanol–water partition coefficient (Wildman–Crippen LogP) is 9.35. The molecular formula is C58H105N5O18. The van der Waals surface area contributed by atoms with Gasteiger partial charge in [-0.05, 0) is 31.2 Å². The summed E-state index contributed by atoms with van der Waals surface area (Å²) in [6.07, 6.45) is 18.0. The number of amides is 5. The molecule has 1 aromatic rings. The first-order valence-electron chi connectivity index (χ1n) is 29.0. The number of nitrogens with zero attached hydrogens (tertiary/aromatic N) is 5. The lowest BCUT2D eigenvalue weighted by Gasteiger charge is -2.24. The zero-order valence-corrected chi connectivity index (χ0v) is 50.5. The molecule has 0 aromatic heterocycles. The molecule has 0 aliphatic carbocycles. The fourth-order valence-electron chi connectivity index (χ4n) is 7.32. The summed E-state index contributed by atoms with van der Waals surface area (Å²) in [5.74, 6) is -3.60. The minimum Gasteiger partial charge on any atom is -0.481 e. The molecule has 0 atom stereocenters. The Kier molecular flexibility index (Phi) is 48.0. The zero-order valence-electron chi connectivity index (χ0n) is 50.5. The van der Waals surface area contributed by atoms with Crippen LogP contribution in [0.15, 0.2) is 30.3 Å². The Balaban J connectivity index is 0. The van der Waals surface area contributed by atoms with Crippen molar-refractivity contribution in [2.75, 3.05) is 85.6 Å². The van der Waals surface area contributed by atoms with Crippen LogP contribution in [0.3, 0.4) is 0 Å². The van der Waals surface area contributed by atoms with Crippen molar-refractivity contribution >= 4 is 41.5 Å². The molecule has 0 bridgehead atoms. The van der Waals surface area contributed by atoms with Crippen LogP contribution in [0.5, 0.6) is 0 Å². The third kappa shape index (κ3) is 50.6. The van der Waals surface area contributed by atoms with Crippen molar-refractivity contribution in [2.45, 2.75) is 197 Å². The highest BCUT2D eigenvalue weighted by molar-refractivity contribution is 5.75. The number of unbranched alkanes of at least 4 members (excludes halogenated alkanes) is 14. The maximum atomic E-state index is 12.1. The Morgan fingerprint density at radius 3 is 1.10 bits per heavy atom. The van der Waals surface area contributed by atoms with E-state index in [4.69, 9.17) is 34.0 Å². The van der Waals surface area contributed by atoms with Gasteiger partial charge in [0, 0.05) is 51.2 Å². The molecule has 1 aromatic carbocycles. The van der Waals surface area contributed by atoms with Gasteiger partial charge in [-0.25, -0.2) is 25.3 Å². The summed E-state index contributed by atoms with van der Waals surface area (Å²) in [5.41, 5.74) is 0.453. The molecule has 0 saturated carbocycles.